The molecule has 3 heteroatoms. The number of hydrogen-bond donors (Lipinski definition) is 0. The number of rotatable bonds is 12. The Bertz CT molecular complexity index is 250. The van der Waals surface area contributed by atoms with Gasteiger partial charge in [0.2, 0.25) is 0 Å². The molecule has 0 aliphatic carbocycles. The Morgan fingerprint density at radius 3 is 1.81 bits per heavy atom. The highest BCUT2D eigenvalue weighted by molar-refractivity contribution is 8.22. The van der Waals surface area contributed by atoms with Crippen LogP contribution in [0.15, 0.2) is 0 Å². The molecule has 0 aromatic rings. The van der Waals surface area contributed by atoms with E-state index in [0.717, 1.165) is 4.32 Å². The van der Waals surface area contributed by atoms with E-state index in [2.05, 4.69) is 11.8 Å². The van der Waals surface area contributed by atoms with Crippen LogP contribution in [0.1, 0.15) is 90.4 Å². The summed E-state index contributed by atoms with van der Waals surface area (Å²) < 4.78 is 1.15. The minimum absolute atomic E-state index is 1.15. The summed E-state index contributed by atoms with van der Waals surface area (Å²) in [5.74, 6) is 1.23. The van der Waals surface area contributed by atoms with Crippen LogP contribution in [0.5, 0.6) is 0 Å². The van der Waals surface area contributed by atoms with Gasteiger partial charge in [-0.3, -0.25) is 0 Å². The number of unbranched alkanes of at least 4 members (excludes halogenated alkanes) is 10. The maximum Gasteiger partial charge on any atom is 0.136 e. The van der Waals surface area contributed by atoms with Crippen molar-refractivity contribution in [1.29, 1.82) is 0 Å². The Kier molecular flexibility index (Phi) is 12.7. The highest BCUT2D eigenvalue weighted by Crippen LogP contribution is 2.18. The molecule has 21 heavy (non-hydrogen) atoms. The van der Waals surface area contributed by atoms with Crippen LogP contribution >= 0.6 is 24.0 Å². The third-order valence-corrected chi connectivity index (χ3v) is 5.95. The van der Waals surface area contributed by atoms with Crippen LogP contribution in [-0.2, 0) is 0 Å². The third-order valence-electron chi connectivity index (χ3n) is 4.34. The standard InChI is InChI=1S/C18H35NS2/c1-2-3-4-5-6-7-8-9-10-11-14-17-21-18(20)19-15-12-13-16-19/h2-17H2,1H3. The van der Waals surface area contributed by atoms with Crippen LogP contribution in [0.3, 0.4) is 0 Å². The van der Waals surface area contributed by atoms with Crippen molar-refractivity contribution in [3.05, 3.63) is 0 Å². The van der Waals surface area contributed by atoms with E-state index in [1.54, 1.807) is 0 Å². The summed E-state index contributed by atoms with van der Waals surface area (Å²) in [7, 11) is 0. The van der Waals surface area contributed by atoms with Crippen LogP contribution < -0.4 is 0 Å². The third kappa shape index (κ3) is 10.6. The van der Waals surface area contributed by atoms with Crippen LogP contribution in [0.4, 0.5) is 0 Å². The molecule has 0 atom stereocenters. The van der Waals surface area contributed by atoms with Crippen LogP contribution in [-0.4, -0.2) is 28.1 Å². The van der Waals surface area contributed by atoms with Gasteiger partial charge in [-0.2, -0.15) is 0 Å². The molecular weight excluding hydrogens is 294 g/mol. The first-order valence-corrected chi connectivity index (χ1v) is 10.7. The molecule has 1 fully saturated rings. The van der Waals surface area contributed by atoms with Gasteiger partial charge >= 0.3 is 0 Å². The summed E-state index contributed by atoms with van der Waals surface area (Å²) in [6.07, 6.45) is 18.3. The van der Waals surface area contributed by atoms with E-state index in [1.807, 2.05) is 11.8 Å². The first-order chi connectivity index (χ1) is 10.3. The highest BCUT2D eigenvalue weighted by Gasteiger charge is 2.14. The largest absolute Gasteiger partial charge is 0.358 e. The van der Waals surface area contributed by atoms with Gasteiger partial charge in [0.05, 0.1) is 0 Å². The summed E-state index contributed by atoms with van der Waals surface area (Å²) in [6, 6.07) is 0. The zero-order valence-corrected chi connectivity index (χ0v) is 15.7. The van der Waals surface area contributed by atoms with Gasteiger partial charge in [0.15, 0.2) is 0 Å². The highest BCUT2D eigenvalue weighted by atomic mass is 32.2. The van der Waals surface area contributed by atoms with Crippen LogP contribution in [0.25, 0.3) is 0 Å². The maximum absolute atomic E-state index is 5.48. The fourth-order valence-electron chi connectivity index (χ4n) is 2.92. The molecule has 1 aliphatic rings. The van der Waals surface area contributed by atoms with E-state index >= 15 is 0 Å². The molecule has 1 rings (SSSR count). The van der Waals surface area contributed by atoms with Gasteiger partial charge in [0.1, 0.15) is 4.32 Å². The van der Waals surface area contributed by atoms with E-state index in [0.29, 0.717) is 0 Å². The molecule has 124 valence electrons. The second kappa shape index (κ2) is 13.9. The molecule has 1 saturated heterocycles. The Labute approximate surface area is 142 Å². The summed E-state index contributed by atoms with van der Waals surface area (Å²) in [5, 5.41) is 0. The van der Waals surface area contributed by atoms with Crippen molar-refractivity contribution in [2.24, 2.45) is 0 Å². The Morgan fingerprint density at radius 2 is 1.29 bits per heavy atom. The zero-order valence-electron chi connectivity index (χ0n) is 14.1. The molecule has 0 aromatic heterocycles. The average molecular weight is 330 g/mol. The van der Waals surface area contributed by atoms with Gasteiger partial charge in [-0.15, -0.1) is 0 Å². The maximum atomic E-state index is 5.48. The molecule has 1 heterocycles. The lowest BCUT2D eigenvalue weighted by Gasteiger charge is -2.17. The van der Waals surface area contributed by atoms with Gasteiger partial charge in [-0.25, -0.2) is 0 Å². The summed E-state index contributed by atoms with van der Waals surface area (Å²) in [6.45, 7) is 4.68. The minimum Gasteiger partial charge on any atom is -0.358 e. The summed E-state index contributed by atoms with van der Waals surface area (Å²) in [4.78, 5) is 2.39. The number of thiocarbonyl (C=S) groups is 1. The molecule has 0 aromatic carbocycles. The second-order valence-electron chi connectivity index (χ2n) is 6.34. The zero-order chi connectivity index (χ0) is 15.2. The van der Waals surface area contributed by atoms with Crippen molar-refractivity contribution in [3.8, 4) is 0 Å². The van der Waals surface area contributed by atoms with E-state index in [9.17, 15) is 0 Å². The lowest BCUT2D eigenvalue weighted by Crippen LogP contribution is -2.23. The van der Waals surface area contributed by atoms with Gasteiger partial charge in [-0.1, -0.05) is 95.1 Å². The fourth-order valence-corrected chi connectivity index (χ4v) is 4.24. The molecule has 0 spiro atoms. The molecule has 0 N–H and O–H groups in total. The number of nitrogens with zero attached hydrogens (tertiary/aromatic N) is 1. The summed E-state index contributed by atoms with van der Waals surface area (Å²) in [5.41, 5.74) is 0. The Morgan fingerprint density at radius 1 is 0.810 bits per heavy atom. The lowest BCUT2D eigenvalue weighted by molar-refractivity contribution is 0.539. The first kappa shape index (κ1) is 19.3. The van der Waals surface area contributed by atoms with Crippen molar-refractivity contribution < 1.29 is 0 Å². The monoisotopic (exact) mass is 329 g/mol. The van der Waals surface area contributed by atoms with Gasteiger partial charge in [0.25, 0.3) is 0 Å². The molecule has 0 unspecified atom stereocenters. The minimum atomic E-state index is 1.15. The normalized spacial score (nSPS) is 14.8. The van der Waals surface area contributed by atoms with E-state index in [-0.39, 0.29) is 0 Å². The molecule has 0 bridgehead atoms. The predicted octanol–water partition coefficient (Wildman–Crippen LogP) is 6.41. The smallest absolute Gasteiger partial charge is 0.136 e. The van der Waals surface area contributed by atoms with E-state index in [4.69, 9.17) is 12.2 Å². The number of hydrogen-bond acceptors (Lipinski definition) is 2. The quantitative estimate of drug-likeness (QED) is 0.301. The Hall–Kier alpha value is 0.240. The van der Waals surface area contributed by atoms with Crippen molar-refractivity contribution in [2.45, 2.75) is 90.4 Å². The van der Waals surface area contributed by atoms with Gasteiger partial charge in [0, 0.05) is 18.8 Å². The van der Waals surface area contributed by atoms with Crippen molar-refractivity contribution >= 4 is 28.3 Å². The van der Waals surface area contributed by atoms with Crippen LogP contribution in [0, 0.1) is 0 Å². The molecule has 0 saturated carbocycles. The Balaban J connectivity index is 1.75. The average Bonchev–Trinajstić information content (AvgIpc) is 3.02. The van der Waals surface area contributed by atoms with E-state index < -0.39 is 0 Å². The fraction of sp³-hybridized carbons (Fsp3) is 0.944. The van der Waals surface area contributed by atoms with Crippen LogP contribution in [0.2, 0.25) is 0 Å². The number of thioether (sulfide) groups is 1. The molecule has 1 nitrogen and oxygen atoms in total. The van der Waals surface area contributed by atoms with Crippen molar-refractivity contribution in [2.75, 3.05) is 18.8 Å². The summed E-state index contributed by atoms with van der Waals surface area (Å²) >= 11 is 7.39. The molecular formula is C18H35NS2. The van der Waals surface area contributed by atoms with E-state index in [1.165, 1.54) is 102 Å². The molecule has 0 radical (unpaired) electrons. The topological polar surface area (TPSA) is 3.24 Å². The first-order valence-electron chi connectivity index (χ1n) is 9.26. The predicted molar refractivity (Wildman–Crippen MR) is 102 cm³/mol. The number of likely N-dealkylation sites (tertiary alicyclic amines) is 1. The molecule has 1 aliphatic heterocycles. The van der Waals surface area contributed by atoms with Gasteiger partial charge < -0.3 is 4.90 Å². The molecule has 0 amide bonds. The van der Waals surface area contributed by atoms with Gasteiger partial charge in [-0.05, 0) is 19.3 Å². The lowest BCUT2D eigenvalue weighted by atomic mass is 10.1. The second-order valence-corrected chi connectivity index (χ2v) is 8.07. The van der Waals surface area contributed by atoms with Crippen molar-refractivity contribution in [3.63, 3.8) is 0 Å². The SMILES string of the molecule is CCCCCCCCCCCCCSC(=S)N1CCCC1. The van der Waals surface area contributed by atoms with Crippen molar-refractivity contribution in [1.82, 2.24) is 4.90 Å².